The molecule has 1 spiro atoms. The first-order chi connectivity index (χ1) is 12.6. The van der Waals surface area contributed by atoms with Crippen LogP contribution in [0.25, 0.3) is 0 Å². The summed E-state index contributed by atoms with van der Waals surface area (Å²) in [5.41, 5.74) is 0.468. The third-order valence-electron chi connectivity index (χ3n) is 7.38. The van der Waals surface area contributed by atoms with E-state index in [-0.39, 0.29) is 11.8 Å². The molecule has 2 aliphatic heterocycles. The molecule has 1 saturated carbocycles. The van der Waals surface area contributed by atoms with E-state index in [4.69, 9.17) is 9.47 Å². The van der Waals surface area contributed by atoms with Crippen LogP contribution in [-0.2, 0) is 16.6 Å². The molecule has 5 aliphatic rings. The number of hydrogen-bond donors (Lipinski definition) is 1. The molecular formula is C21H23NO4. The average Bonchev–Trinajstić information content (AvgIpc) is 3.37. The third kappa shape index (κ3) is 1.58. The zero-order chi connectivity index (χ0) is 17.7. The number of nitrogens with zero attached hydrogens (tertiary/aromatic N) is 1. The highest BCUT2D eigenvalue weighted by Gasteiger charge is 2.72. The summed E-state index contributed by atoms with van der Waals surface area (Å²) >= 11 is 0. The maximum Gasteiger partial charge on any atom is 0.196 e. The second-order valence-corrected chi connectivity index (χ2v) is 8.57. The quantitative estimate of drug-likeness (QED) is 0.895. The van der Waals surface area contributed by atoms with Gasteiger partial charge in [-0.15, -0.1) is 0 Å². The van der Waals surface area contributed by atoms with Crippen LogP contribution >= 0.6 is 0 Å². The van der Waals surface area contributed by atoms with Crippen molar-refractivity contribution in [1.82, 2.24) is 4.90 Å². The highest BCUT2D eigenvalue weighted by atomic mass is 16.5. The Morgan fingerprint density at radius 3 is 3.00 bits per heavy atom. The molecule has 26 heavy (non-hydrogen) atoms. The topological polar surface area (TPSA) is 59.0 Å². The fourth-order valence-corrected chi connectivity index (χ4v) is 6.01. The van der Waals surface area contributed by atoms with Crippen molar-refractivity contribution in [1.29, 1.82) is 0 Å². The van der Waals surface area contributed by atoms with E-state index in [1.807, 2.05) is 6.07 Å². The van der Waals surface area contributed by atoms with Crippen molar-refractivity contribution in [3.8, 4) is 11.5 Å². The van der Waals surface area contributed by atoms with Crippen molar-refractivity contribution in [2.75, 3.05) is 20.2 Å². The van der Waals surface area contributed by atoms with E-state index in [1.54, 1.807) is 19.3 Å². The Morgan fingerprint density at radius 2 is 2.23 bits per heavy atom. The molecule has 2 fully saturated rings. The summed E-state index contributed by atoms with van der Waals surface area (Å²) in [5.74, 6) is 2.04. The fourth-order valence-electron chi connectivity index (χ4n) is 6.01. The number of aliphatic hydroxyl groups is 1. The van der Waals surface area contributed by atoms with Gasteiger partial charge in [0.05, 0.1) is 12.5 Å². The highest BCUT2D eigenvalue weighted by Crippen LogP contribution is 2.63. The Hall–Kier alpha value is -1.85. The Bertz CT molecular complexity index is 860. The van der Waals surface area contributed by atoms with Gasteiger partial charge in [0.15, 0.2) is 23.4 Å². The normalized spacial score (nSPS) is 39.5. The lowest BCUT2D eigenvalue weighted by Crippen LogP contribution is -2.75. The number of hydrogen-bond acceptors (Lipinski definition) is 5. The molecular weight excluding hydrogens is 330 g/mol. The molecule has 4 atom stereocenters. The lowest BCUT2D eigenvalue weighted by molar-refractivity contribution is -0.155. The first kappa shape index (κ1) is 15.2. The van der Waals surface area contributed by atoms with Gasteiger partial charge in [0.2, 0.25) is 0 Å². The van der Waals surface area contributed by atoms with Crippen LogP contribution in [0.3, 0.4) is 0 Å². The smallest absolute Gasteiger partial charge is 0.196 e. The summed E-state index contributed by atoms with van der Waals surface area (Å²) in [6.45, 7) is 1.95. The van der Waals surface area contributed by atoms with Gasteiger partial charge in [-0.2, -0.15) is 0 Å². The minimum Gasteiger partial charge on any atom is -0.493 e. The molecule has 1 N–H and O–H groups in total. The molecule has 0 aromatic heterocycles. The lowest BCUT2D eigenvalue weighted by atomic mass is 9.51. The molecule has 6 rings (SSSR count). The Morgan fingerprint density at radius 1 is 1.38 bits per heavy atom. The molecule has 5 nitrogen and oxygen atoms in total. The summed E-state index contributed by atoms with van der Waals surface area (Å²) < 4.78 is 11.7. The Labute approximate surface area is 152 Å². The Balaban J connectivity index is 1.59. The van der Waals surface area contributed by atoms with Crippen LogP contribution in [0.5, 0.6) is 11.5 Å². The molecule has 1 aromatic carbocycles. The van der Waals surface area contributed by atoms with E-state index >= 15 is 0 Å². The zero-order valence-corrected chi connectivity index (χ0v) is 14.9. The number of rotatable bonds is 3. The predicted molar refractivity (Wildman–Crippen MR) is 94.6 cm³/mol. The summed E-state index contributed by atoms with van der Waals surface area (Å²) in [5, 5.41) is 12.0. The summed E-state index contributed by atoms with van der Waals surface area (Å²) in [4.78, 5) is 15.2. The SMILES string of the molecule is COc1ccc2c3c1O[C@H]1C(=O)C=C[C@@]4(O)[C@@H](C2)N(CC2CC2)CC[C@]314. The van der Waals surface area contributed by atoms with Gasteiger partial charge in [0.1, 0.15) is 5.60 Å². The number of ether oxygens (including phenoxy) is 2. The second-order valence-electron chi connectivity index (χ2n) is 8.57. The van der Waals surface area contributed by atoms with E-state index in [0.29, 0.717) is 11.5 Å². The van der Waals surface area contributed by atoms with Gasteiger partial charge in [-0.3, -0.25) is 9.69 Å². The molecule has 1 saturated heterocycles. The number of likely N-dealkylation sites (tertiary alicyclic amines) is 1. The van der Waals surface area contributed by atoms with Crippen LogP contribution < -0.4 is 9.47 Å². The van der Waals surface area contributed by atoms with Crippen molar-refractivity contribution < 1.29 is 19.4 Å². The largest absolute Gasteiger partial charge is 0.493 e. The lowest BCUT2D eigenvalue weighted by Gasteiger charge is -2.60. The van der Waals surface area contributed by atoms with Crippen LogP contribution in [0, 0.1) is 5.92 Å². The molecule has 0 unspecified atom stereocenters. The third-order valence-corrected chi connectivity index (χ3v) is 7.38. The van der Waals surface area contributed by atoms with E-state index in [1.165, 1.54) is 18.4 Å². The zero-order valence-electron chi connectivity index (χ0n) is 14.9. The number of carbonyl (C=O) groups is 1. The maximum absolute atomic E-state index is 12.8. The number of benzene rings is 1. The van der Waals surface area contributed by atoms with Gasteiger partial charge in [-0.05, 0) is 61.9 Å². The highest BCUT2D eigenvalue weighted by molar-refractivity contribution is 5.99. The molecule has 0 radical (unpaired) electrons. The van der Waals surface area contributed by atoms with Crippen molar-refractivity contribution in [2.24, 2.45) is 5.92 Å². The number of methoxy groups -OCH3 is 1. The van der Waals surface area contributed by atoms with Gasteiger partial charge < -0.3 is 14.6 Å². The van der Waals surface area contributed by atoms with Crippen LogP contribution in [-0.4, -0.2) is 53.7 Å². The van der Waals surface area contributed by atoms with E-state index in [0.717, 1.165) is 37.4 Å². The summed E-state index contributed by atoms with van der Waals surface area (Å²) in [7, 11) is 1.62. The average molecular weight is 353 g/mol. The van der Waals surface area contributed by atoms with Crippen LogP contribution in [0.15, 0.2) is 24.3 Å². The minimum atomic E-state index is -1.07. The number of carbonyl (C=O) groups excluding carboxylic acids is 1. The van der Waals surface area contributed by atoms with Crippen molar-refractivity contribution in [3.63, 3.8) is 0 Å². The number of ketones is 1. The molecule has 0 amide bonds. The van der Waals surface area contributed by atoms with Gasteiger partial charge in [-0.1, -0.05) is 6.07 Å². The molecule has 1 aromatic rings. The van der Waals surface area contributed by atoms with Crippen molar-refractivity contribution >= 4 is 5.78 Å². The first-order valence-electron chi connectivity index (χ1n) is 9.65. The number of piperidine rings is 1. The van der Waals surface area contributed by atoms with E-state index < -0.39 is 17.1 Å². The monoisotopic (exact) mass is 353 g/mol. The van der Waals surface area contributed by atoms with Gasteiger partial charge in [0.25, 0.3) is 0 Å². The molecule has 136 valence electrons. The molecule has 2 heterocycles. The fraction of sp³-hybridized carbons (Fsp3) is 0.571. The van der Waals surface area contributed by atoms with Gasteiger partial charge in [0, 0.05) is 18.2 Å². The van der Waals surface area contributed by atoms with E-state index in [2.05, 4.69) is 11.0 Å². The van der Waals surface area contributed by atoms with E-state index in [9.17, 15) is 9.90 Å². The summed E-state index contributed by atoms with van der Waals surface area (Å²) in [6, 6.07) is 4.03. The van der Waals surface area contributed by atoms with Crippen LogP contribution in [0.1, 0.15) is 30.4 Å². The van der Waals surface area contributed by atoms with Gasteiger partial charge >= 0.3 is 0 Å². The summed E-state index contributed by atoms with van der Waals surface area (Å²) in [6.07, 6.45) is 6.78. The standard InChI is InChI=1S/C21H23NO4/c1-25-15-5-4-13-10-16-21(24)7-6-14(23)19-20(21,17(13)18(15)26-19)8-9-22(16)11-12-2-3-12/h4-7,12,16,19,24H,2-3,8-11H2,1H3/t16-,19+,20+,21-/m1/s1. The molecule has 3 aliphatic carbocycles. The molecule has 5 heteroatoms. The van der Waals surface area contributed by atoms with Crippen LogP contribution in [0.4, 0.5) is 0 Å². The van der Waals surface area contributed by atoms with Crippen molar-refractivity contribution in [3.05, 3.63) is 35.4 Å². The Kier molecular flexibility index (Phi) is 2.75. The van der Waals surface area contributed by atoms with Crippen molar-refractivity contribution in [2.45, 2.75) is 48.8 Å². The maximum atomic E-state index is 12.8. The van der Waals surface area contributed by atoms with Gasteiger partial charge in [-0.25, -0.2) is 0 Å². The minimum absolute atomic E-state index is 0.000792. The second kappa shape index (κ2) is 4.70. The van der Waals surface area contributed by atoms with Crippen LogP contribution in [0.2, 0.25) is 0 Å². The first-order valence-corrected chi connectivity index (χ1v) is 9.65. The predicted octanol–water partition coefficient (Wildman–Crippen LogP) is 1.60. The molecule has 2 bridgehead atoms.